The first-order valence-electron chi connectivity index (χ1n) is 8.89. The molecule has 1 aliphatic rings. The Balaban J connectivity index is 1.95. The molecule has 2 N–H and O–H groups in total. The molecule has 1 aromatic heterocycles. The maximum atomic E-state index is 14.6. The molecule has 5 heteroatoms. The van der Waals surface area contributed by atoms with Crippen molar-refractivity contribution < 1.29 is 9.13 Å². The molecular formula is C21H22FN3O. The number of aromatic nitrogens is 1. The predicted molar refractivity (Wildman–Crippen MR) is 103 cm³/mol. The molecule has 0 bridgehead atoms. The number of pyridine rings is 1. The Kier molecular flexibility index (Phi) is 4.24. The van der Waals surface area contributed by atoms with Crippen LogP contribution in [0.25, 0.3) is 22.0 Å². The van der Waals surface area contributed by atoms with Crippen LogP contribution in [0.4, 0.5) is 10.1 Å². The largest absolute Gasteiger partial charge is 0.496 e. The van der Waals surface area contributed by atoms with Gasteiger partial charge in [0.05, 0.1) is 23.9 Å². The maximum Gasteiger partial charge on any atom is 0.134 e. The Bertz CT molecular complexity index is 987. The fourth-order valence-corrected chi connectivity index (χ4v) is 3.81. The zero-order valence-corrected chi connectivity index (χ0v) is 15.1. The molecule has 0 saturated heterocycles. The molecule has 2 heterocycles. The second-order valence-corrected chi connectivity index (χ2v) is 6.68. The van der Waals surface area contributed by atoms with Crippen LogP contribution in [-0.4, -0.2) is 23.5 Å². The lowest BCUT2D eigenvalue weighted by molar-refractivity contribution is 0.283. The molecule has 0 spiro atoms. The number of ether oxygens (including phenoxy) is 1. The molecule has 0 amide bonds. The molecular weight excluding hydrogens is 329 g/mol. The lowest BCUT2D eigenvalue weighted by atomic mass is 9.98. The summed E-state index contributed by atoms with van der Waals surface area (Å²) in [6.45, 7) is 4.79. The van der Waals surface area contributed by atoms with Crippen molar-refractivity contribution >= 4 is 16.6 Å². The number of nitrogens with zero attached hydrogens (tertiary/aromatic N) is 2. The molecule has 0 saturated carbocycles. The van der Waals surface area contributed by atoms with Gasteiger partial charge in [0, 0.05) is 35.3 Å². The van der Waals surface area contributed by atoms with Gasteiger partial charge in [0.25, 0.3) is 0 Å². The molecule has 26 heavy (non-hydrogen) atoms. The first-order valence-corrected chi connectivity index (χ1v) is 8.89. The molecule has 0 radical (unpaired) electrons. The number of rotatable bonds is 4. The Morgan fingerprint density at radius 2 is 2.00 bits per heavy atom. The number of anilines is 1. The Labute approximate surface area is 152 Å². The smallest absolute Gasteiger partial charge is 0.134 e. The summed E-state index contributed by atoms with van der Waals surface area (Å²) >= 11 is 0. The molecule has 134 valence electrons. The summed E-state index contributed by atoms with van der Waals surface area (Å²) < 4.78 is 20.0. The quantitative estimate of drug-likeness (QED) is 0.759. The van der Waals surface area contributed by atoms with Crippen molar-refractivity contribution in [3.05, 3.63) is 53.5 Å². The number of fused-ring (bicyclic) bond motifs is 2. The van der Waals surface area contributed by atoms with Gasteiger partial charge in [-0.05, 0) is 25.1 Å². The van der Waals surface area contributed by atoms with E-state index in [9.17, 15) is 4.39 Å². The van der Waals surface area contributed by atoms with Gasteiger partial charge in [0.2, 0.25) is 0 Å². The normalized spacial score (nSPS) is 14.0. The SMILES string of the molecule is CCCN1Cc2nc3c(-c4c(F)cccc4OC)cccc3c(N)c2C1. The lowest BCUT2D eigenvalue weighted by Crippen LogP contribution is -2.16. The van der Waals surface area contributed by atoms with E-state index in [4.69, 9.17) is 15.5 Å². The molecule has 0 atom stereocenters. The van der Waals surface area contributed by atoms with Crippen LogP contribution in [0.3, 0.4) is 0 Å². The van der Waals surface area contributed by atoms with E-state index in [0.717, 1.165) is 53.9 Å². The second-order valence-electron chi connectivity index (χ2n) is 6.68. The van der Waals surface area contributed by atoms with E-state index in [1.807, 2.05) is 18.2 Å². The van der Waals surface area contributed by atoms with Crippen LogP contribution in [0.1, 0.15) is 24.6 Å². The van der Waals surface area contributed by atoms with Gasteiger partial charge in [-0.25, -0.2) is 4.39 Å². The van der Waals surface area contributed by atoms with E-state index in [-0.39, 0.29) is 5.82 Å². The highest BCUT2D eigenvalue weighted by Crippen LogP contribution is 2.40. The number of hydrogen-bond donors (Lipinski definition) is 1. The number of benzene rings is 2. The Morgan fingerprint density at radius 3 is 2.77 bits per heavy atom. The third kappa shape index (κ3) is 2.59. The fraction of sp³-hybridized carbons (Fsp3) is 0.286. The minimum atomic E-state index is -0.328. The Morgan fingerprint density at radius 1 is 1.19 bits per heavy atom. The van der Waals surface area contributed by atoms with Gasteiger partial charge in [-0.3, -0.25) is 9.88 Å². The third-order valence-corrected chi connectivity index (χ3v) is 5.01. The van der Waals surface area contributed by atoms with Crippen LogP contribution < -0.4 is 10.5 Å². The number of hydrogen-bond acceptors (Lipinski definition) is 4. The zero-order valence-electron chi connectivity index (χ0n) is 15.1. The number of nitrogen functional groups attached to an aromatic ring is 1. The summed E-state index contributed by atoms with van der Waals surface area (Å²) in [5.74, 6) is 0.163. The van der Waals surface area contributed by atoms with Crippen LogP contribution in [0.5, 0.6) is 5.75 Å². The summed E-state index contributed by atoms with van der Waals surface area (Å²) in [6, 6.07) is 10.6. The minimum absolute atomic E-state index is 0.328. The summed E-state index contributed by atoms with van der Waals surface area (Å²) in [5.41, 5.74) is 11.2. The number of methoxy groups -OCH3 is 1. The molecule has 0 fully saturated rings. The van der Waals surface area contributed by atoms with E-state index in [2.05, 4.69) is 11.8 Å². The van der Waals surface area contributed by atoms with E-state index in [0.29, 0.717) is 16.9 Å². The van der Waals surface area contributed by atoms with Gasteiger partial charge in [-0.1, -0.05) is 31.2 Å². The van der Waals surface area contributed by atoms with Gasteiger partial charge in [0.1, 0.15) is 11.6 Å². The summed E-state index contributed by atoms with van der Waals surface area (Å²) in [4.78, 5) is 7.24. The molecule has 4 rings (SSSR count). The summed E-state index contributed by atoms with van der Waals surface area (Å²) in [7, 11) is 1.55. The molecule has 0 aliphatic carbocycles. The van der Waals surface area contributed by atoms with Crippen molar-refractivity contribution in [3.8, 4) is 16.9 Å². The van der Waals surface area contributed by atoms with Crippen LogP contribution >= 0.6 is 0 Å². The van der Waals surface area contributed by atoms with Gasteiger partial charge in [0.15, 0.2) is 0 Å². The molecule has 3 aromatic rings. The summed E-state index contributed by atoms with van der Waals surface area (Å²) in [5, 5.41) is 0.866. The Hall–Kier alpha value is -2.66. The highest BCUT2D eigenvalue weighted by molar-refractivity contribution is 6.02. The number of para-hydroxylation sites is 1. The van der Waals surface area contributed by atoms with Gasteiger partial charge >= 0.3 is 0 Å². The molecule has 2 aromatic carbocycles. The number of halogens is 1. The van der Waals surface area contributed by atoms with Crippen LogP contribution in [0.2, 0.25) is 0 Å². The van der Waals surface area contributed by atoms with Crippen LogP contribution in [-0.2, 0) is 13.1 Å². The second kappa shape index (κ2) is 6.57. The predicted octanol–water partition coefficient (Wildman–Crippen LogP) is 4.36. The van der Waals surface area contributed by atoms with Gasteiger partial charge in [-0.15, -0.1) is 0 Å². The van der Waals surface area contributed by atoms with Crippen LogP contribution in [0.15, 0.2) is 36.4 Å². The highest BCUT2D eigenvalue weighted by Gasteiger charge is 2.25. The van der Waals surface area contributed by atoms with Gasteiger partial charge < -0.3 is 10.5 Å². The van der Waals surface area contributed by atoms with Crippen LogP contribution in [0, 0.1) is 5.82 Å². The molecule has 4 nitrogen and oxygen atoms in total. The topological polar surface area (TPSA) is 51.4 Å². The van der Waals surface area contributed by atoms with Crippen molar-refractivity contribution in [2.24, 2.45) is 0 Å². The van der Waals surface area contributed by atoms with E-state index < -0.39 is 0 Å². The molecule has 1 aliphatic heterocycles. The lowest BCUT2D eigenvalue weighted by Gasteiger charge is -2.14. The van der Waals surface area contributed by atoms with E-state index >= 15 is 0 Å². The molecule has 0 unspecified atom stereocenters. The highest BCUT2D eigenvalue weighted by atomic mass is 19.1. The van der Waals surface area contributed by atoms with E-state index in [1.165, 1.54) is 6.07 Å². The monoisotopic (exact) mass is 351 g/mol. The van der Waals surface area contributed by atoms with Crippen molar-refractivity contribution in [2.45, 2.75) is 26.4 Å². The first-order chi connectivity index (χ1) is 12.6. The van der Waals surface area contributed by atoms with Crippen molar-refractivity contribution in [1.82, 2.24) is 9.88 Å². The fourth-order valence-electron chi connectivity index (χ4n) is 3.81. The van der Waals surface area contributed by atoms with E-state index in [1.54, 1.807) is 19.2 Å². The van der Waals surface area contributed by atoms with Crippen molar-refractivity contribution in [2.75, 3.05) is 19.4 Å². The first kappa shape index (κ1) is 16.8. The van der Waals surface area contributed by atoms with Crippen molar-refractivity contribution in [3.63, 3.8) is 0 Å². The third-order valence-electron chi connectivity index (χ3n) is 5.01. The minimum Gasteiger partial charge on any atom is -0.496 e. The van der Waals surface area contributed by atoms with Gasteiger partial charge in [-0.2, -0.15) is 0 Å². The average Bonchev–Trinajstić information content (AvgIpc) is 3.05. The summed E-state index contributed by atoms with van der Waals surface area (Å²) in [6.07, 6.45) is 1.09. The van der Waals surface area contributed by atoms with Crippen molar-refractivity contribution in [1.29, 1.82) is 0 Å². The number of nitrogens with two attached hydrogens (primary N) is 1. The average molecular weight is 351 g/mol. The zero-order chi connectivity index (χ0) is 18.3. The standard InChI is InChI=1S/C21H22FN3O/c1-3-10-25-11-15-17(12-25)24-21-13(6-4-7-14(21)20(15)23)19-16(22)8-5-9-18(19)26-2/h4-9H,3,10-12H2,1-2H3,(H2,23,24). The maximum absolute atomic E-state index is 14.6.